The van der Waals surface area contributed by atoms with Crippen LogP contribution in [0.5, 0.6) is 5.75 Å². The minimum absolute atomic E-state index is 0.0231. The molecule has 0 aromatic heterocycles. The van der Waals surface area contributed by atoms with E-state index in [2.05, 4.69) is 0 Å². The summed E-state index contributed by atoms with van der Waals surface area (Å²) in [6.07, 6.45) is 1.32. The molecule has 2 rings (SSSR count). The third-order valence-corrected chi connectivity index (χ3v) is 4.59. The monoisotopic (exact) mass is 366 g/mol. The lowest BCUT2D eigenvalue weighted by Crippen LogP contribution is -2.47. The van der Waals surface area contributed by atoms with Crippen LogP contribution < -0.4 is 4.74 Å². The Morgan fingerprint density at radius 2 is 2.00 bits per heavy atom. The van der Waals surface area contributed by atoms with Gasteiger partial charge in [-0.25, -0.2) is 4.39 Å². The zero-order valence-electron chi connectivity index (χ0n) is 15.4. The van der Waals surface area contributed by atoms with E-state index in [4.69, 9.17) is 4.74 Å². The van der Waals surface area contributed by atoms with E-state index in [1.165, 1.54) is 12.1 Å². The molecule has 0 saturated carbocycles. The van der Waals surface area contributed by atoms with E-state index in [1.807, 2.05) is 11.8 Å². The number of rotatable bonds is 8. The number of likely N-dealkylation sites (N-methyl/N-ethyl adjacent to an activating group) is 1. The van der Waals surface area contributed by atoms with E-state index in [1.54, 1.807) is 24.1 Å². The molecule has 1 saturated heterocycles. The van der Waals surface area contributed by atoms with Crippen molar-refractivity contribution in [3.8, 4) is 5.75 Å². The molecule has 1 amide bonds. The van der Waals surface area contributed by atoms with Crippen molar-refractivity contribution in [3.63, 3.8) is 0 Å². The lowest BCUT2D eigenvalue weighted by atomic mass is 9.90. The van der Waals surface area contributed by atoms with Gasteiger partial charge in [-0.3, -0.25) is 14.5 Å². The second-order valence-corrected chi connectivity index (χ2v) is 7.04. The number of carbonyl (C=O) groups is 2. The molecule has 2 unspecified atom stereocenters. The minimum Gasteiger partial charge on any atom is -0.494 e. The smallest absolute Gasteiger partial charge is 0.307 e. The molecule has 1 heterocycles. The Morgan fingerprint density at radius 3 is 2.65 bits per heavy atom. The van der Waals surface area contributed by atoms with Crippen molar-refractivity contribution in [1.82, 2.24) is 9.80 Å². The van der Waals surface area contributed by atoms with Gasteiger partial charge < -0.3 is 14.7 Å². The van der Waals surface area contributed by atoms with Crippen LogP contribution in [0.3, 0.4) is 0 Å². The molecule has 1 fully saturated rings. The summed E-state index contributed by atoms with van der Waals surface area (Å²) in [6, 6.07) is 5.82. The van der Waals surface area contributed by atoms with Crippen molar-refractivity contribution >= 4 is 11.9 Å². The Bertz CT molecular complexity index is 608. The fourth-order valence-corrected chi connectivity index (χ4v) is 3.23. The molecule has 144 valence electrons. The van der Waals surface area contributed by atoms with Gasteiger partial charge in [-0.05, 0) is 43.0 Å². The highest BCUT2D eigenvalue weighted by molar-refractivity contribution is 5.78. The summed E-state index contributed by atoms with van der Waals surface area (Å²) in [4.78, 5) is 27.1. The summed E-state index contributed by atoms with van der Waals surface area (Å²) in [6.45, 7) is 4.41. The molecule has 1 aliphatic rings. The first kappa shape index (κ1) is 20.2. The van der Waals surface area contributed by atoms with Gasteiger partial charge in [-0.1, -0.05) is 6.92 Å². The highest BCUT2D eigenvalue weighted by atomic mass is 19.1. The van der Waals surface area contributed by atoms with E-state index in [9.17, 15) is 19.1 Å². The molecule has 2 atom stereocenters. The van der Waals surface area contributed by atoms with Gasteiger partial charge in [0.15, 0.2) is 0 Å². The van der Waals surface area contributed by atoms with Crippen molar-refractivity contribution < 1.29 is 23.8 Å². The fraction of sp³-hybridized carbons (Fsp3) is 0.579. The van der Waals surface area contributed by atoms with Crippen LogP contribution in [-0.2, 0) is 9.59 Å². The number of hydrogen-bond donors (Lipinski definition) is 1. The molecule has 0 bridgehead atoms. The topological polar surface area (TPSA) is 70.1 Å². The lowest BCUT2D eigenvalue weighted by Gasteiger charge is -2.35. The van der Waals surface area contributed by atoms with Gasteiger partial charge in [0, 0.05) is 26.7 Å². The normalized spacial score (nSPS) is 20.6. The van der Waals surface area contributed by atoms with Crippen molar-refractivity contribution in [2.75, 3.05) is 39.8 Å². The van der Waals surface area contributed by atoms with Crippen molar-refractivity contribution in [2.24, 2.45) is 11.8 Å². The van der Waals surface area contributed by atoms with E-state index < -0.39 is 11.9 Å². The zero-order chi connectivity index (χ0) is 19.1. The summed E-state index contributed by atoms with van der Waals surface area (Å²) >= 11 is 0. The van der Waals surface area contributed by atoms with Crippen molar-refractivity contribution in [2.45, 2.75) is 19.8 Å². The summed E-state index contributed by atoms with van der Waals surface area (Å²) in [5.41, 5.74) is 0. The zero-order valence-corrected chi connectivity index (χ0v) is 15.4. The maximum Gasteiger partial charge on any atom is 0.307 e. The number of carboxylic acid groups (broad SMARTS) is 1. The number of likely N-dealkylation sites (tertiary alicyclic amines) is 1. The molecule has 1 aromatic carbocycles. The van der Waals surface area contributed by atoms with Crippen LogP contribution in [0, 0.1) is 17.7 Å². The number of halogens is 1. The predicted octanol–water partition coefficient (Wildman–Crippen LogP) is 2.10. The van der Waals surface area contributed by atoms with Crippen LogP contribution in [0.2, 0.25) is 0 Å². The van der Waals surface area contributed by atoms with Crippen LogP contribution in [0.25, 0.3) is 0 Å². The Labute approximate surface area is 153 Å². The number of benzene rings is 1. The van der Waals surface area contributed by atoms with Gasteiger partial charge in [0.1, 0.15) is 11.6 Å². The summed E-state index contributed by atoms with van der Waals surface area (Å²) in [5, 5.41) is 9.21. The second-order valence-electron chi connectivity index (χ2n) is 7.04. The third-order valence-electron chi connectivity index (χ3n) is 4.59. The maximum atomic E-state index is 12.8. The first-order valence-corrected chi connectivity index (χ1v) is 8.92. The van der Waals surface area contributed by atoms with E-state index in [0.29, 0.717) is 38.3 Å². The number of carbonyl (C=O) groups excluding carboxylic acids is 1. The molecule has 0 radical (unpaired) electrons. The average Bonchev–Trinajstić information content (AvgIpc) is 2.59. The third kappa shape index (κ3) is 6.29. The average molecular weight is 366 g/mol. The first-order chi connectivity index (χ1) is 12.3. The molecule has 1 aromatic rings. The van der Waals surface area contributed by atoms with E-state index in [-0.39, 0.29) is 24.2 Å². The Kier molecular flexibility index (Phi) is 7.38. The Morgan fingerprint density at radius 1 is 1.31 bits per heavy atom. The van der Waals surface area contributed by atoms with Crippen LogP contribution in [0.15, 0.2) is 24.3 Å². The number of ether oxygens (including phenoxy) is 1. The summed E-state index contributed by atoms with van der Waals surface area (Å²) < 4.78 is 18.3. The number of carboxylic acids is 1. The molecule has 1 aliphatic heterocycles. The number of hydrogen-bond acceptors (Lipinski definition) is 4. The highest BCUT2D eigenvalue weighted by Gasteiger charge is 2.30. The Balaban J connectivity index is 1.69. The first-order valence-electron chi connectivity index (χ1n) is 8.92. The highest BCUT2D eigenvalue weighted by Crippen LogP contribution is 2.21. The molecule has 26 heavy (non-hydrogen) atoms. The molecule has 0 spiro atoms. The van der Waals surface area contributed by atoms with E-state index in [0.717, 1.165) is 6.54 Å². The van der Waals surface area contributed by atoms with Crippen LogP contribution >= 0.6 is 0 Å². The van der Waals surface area contributed by atoms with Crippen molar-refractivity contribution in [1.29, 1.82) is 0 Å². The number of nitrogens with zero attached hydrogens (tertiary/aromatic N) is 2. The van der Waals surface area contributed by atoms with Gasteiger partial charge >= 0.3 is 5.97 Å². The number of amides is 1. The quantitative estimate of drug-likeness (QED) is 0.714. The summed E-state index contributed by atoms with van der Waals surface area (Å²) in [7, 11) is 1.74. The molecule has 0 aliphatic carbocycles. The van der Waals surface area contributed by atoms with Crippen LogP contribution in [0.1, 0.15) is 19.8 Å². The van der Waals surface area contributed by atoms with E-state index >= 15 is 0 Å². The number of piperidine rings is 1. The van der Waals surface area contributed by atoms with Gasteiger partial charge in [0.25, 0.3) is 0 Å². The number of aliphatic carboxylic acids is 1. The SMILES string of the molecule is CC1CC(C(=O)O)CN(CC(=O)N(C)CCCOc2ccc(F)cc2)C1. The summed E-state index contributed by atoms with van der Waals surface area (Å²) in [5.74, 6) is -0.652. The van der Waals surface area contributed by atoms with Crippen LogP contribution in [0.4, 0.5) is 4.39 Å². The Hall–Kier alpha value is -2.15. The lowest BCUT2D eigenvalue weighted by molar-refractivity contribution is -0.145. The second kappa shape index (κ2) is 9.52. The van der Waals surface area contributed by atoms with Gasteiger partial charge in [0.2, 0.25) is 5.91 Å². The van der Waals surface area contributed by atoms with Crippen molar-refractivity contribution in [3.05, 3.63) is 30.1 Å². The molecular weight excluding hydrogens is 339 g/mol. The molecule has 6 nitrogen and oxygen atoms in total. The van der Waals surface area contributed by atoms with Gasteiger partial charge in [-0.2, -0.15) is 0 Å². The fourth-order valence-electron chi connectivity index (χ4n) is 3.23. The van der Waals surface area contributed by atoms with Gasteiger partial charge in [0.05, 0.1) is 19.1 Å². The molecule has 7 heteroatoms. The molecular formula is C19H27FN2O4. The largest absolute Gasteiger partial charge is 0.494 e. The predicted molar refractivity (Wildman–Crippen MR) is 95.5 cm³/mol. The molecule has 1 N–H and O–H groups in total. The minimum atomic E-state index is -0.791. The van der Waals surface area contributed by atoms with Crippen LogP contribution in [-0.4, -0.2) is 66.6 Å². The van der Waals surface area contributed by atoms with Gasteiger partial charge in [-0.15, -0.1) is 0 Å². The standard InChI is InChI=1S/C19H27FN2O4/c1-14-10-15(19(24)25)12-22(11-14)13-18(23)21(2)8-3-9-26-17-6-4-16(20)5-7-17/h4-7,14-15H,3,8-13H2,1-2H3,(H,24,25). The maximum absolute atomic E-state index is 12.8.